The molecule has 5 saturated carbocycles. The number of aliphatic hydroxyl groups is 1. The minimum atomic E-state index is 0.438. The van der Waals surface area contributed by atoms with Crippen LogP contribution in [0.5, 0.6) is 0 Å². The van der Waals surface area contributed by atoms with Gasteiger partial charge in [0.05, 0.1) is 0 Å². The summed E-state index contributed by atoms with van der Waals surface area (Å²) in [5.41, 5.74) is 1.74. The Morgan fingerprint density at radius 3 is 2.06 bits per heavy atom. The first-order valence-corrected chi connectivity index (χ1v) is 14.2. The maximum Gasteiger partial charge on any atom is 0.0462 e. The molecule has 0 radical (unpaired) electrons. The predicted octanol–water partition coefficient (Wildman–Crippen LogP) is 7.82. The summed E-state index contributed by atoms with van der Waals surface area (Å²) in [4.78, 5) is 0. The maximum atomic E-state index is 9.98. The van der Waals surface area contributed by atoms with Crippen molar-refractivity contribution in [3.8, 4) is 0 Å². The van der Waals surface area contributed by atoms with E-state index in [-0.39, 0.29) is 0 Å². The van der Waals surface area contributed by atoms with Gasteiger partial charge in [-0.1, -0.05) is 48.5 Å². The Morgan fingerprint density at radius 1 is 0.742 bits per heavy atom. The minimum Gasteiger partial charge on any atom is -0.396 e. The fourth-order valence-electron chi connectivity index (χ4n) is 11.2. The zero-order valence-electron chi connectivity index (χ0n) is 21.8. The van der Waals surface area contributed by atoms with Crippen molar-refractivity contribution in [1.29, 1.82) is 0 Å². The van der Waals surface area contributed by atoms with Gasteiger partial charge in [0.1, 0.15) is 0 Å². The lowest BCUT2D eigenvalue weighted by atomic mass is 9.46. The van der Waals surface area contributed by atoms with Crippen LogP contribution in [0.2, 0.25) is 0 Å². The van der Waals surface area contributed by atoms with Crippen LogP contribution < -0.4 is 0 Å². The molecule has 1 N–H and O–H groups in total. The number of fused-ring (bicyclic) bond motifs is 5. The molecule has 0 amide bonds. The third kappa shape index (κ3) is 3.10. The fraction of sp³-hybridized carbons (Fsp3) is 1.00. The van der Waals surface area contributed by atoms with Gasteiger partial charge in [-0.2, -0.15) is 0 Å². The van der Waals surface area contributed by atoms with E-state index in [1.54, 1.807) is 0 Å². The zero-order chi connectivity index (χ0) is 22.3. The van der Waals surface area contributed by atoms with E-state index in [4.69, 9.17) is 0 Å². The Morgan fingerprint density at radius 2 is 1.39 bits per heavy atom. The Labute approximate surface area is 193 Å². The standard InChI is InChI=1S/C30H52O/c1-18(2)20(4)30(7)16-27(30)19(3)23-10-11-25-22-8-9-24-21(17-31)12-14-29(24,6)26(22)13-15-28(23,25)5/h18-27,31H,8-17H2,1-7H3. The van der Waals surface area contributed by atoms with Crippen molar-refractivity contribution >= 4 is 0 Å². The van der Waals surface area contributed by atoms with Crippen molar-refractivity contribution in [3.63, 3.8) is 0 Å². The molecule has 0 heterocycles. The summed E-state index contributed by atoms with van der Waals surface area (Å²) in [6.07, 6.45) is 13.0. The van der Waals surface area contributed by atoms with E-state index >= 15 is 0 Å². The smallest absolute Gasteiger partial charge is 0.0462 e. The van der Waals surface area contributed by atoms with Crippen LogP contribution in [0.25, 0.3) is 0 Å². The molecule has 0 bridgehead atoms. The Hall–Kier alpha value is -0.0400. The highest BCUT2D eigenvalue weighted by atomic mass is 16.3. The van der Waals surface area contributed by atoms with Crippen molar-refractivity contribution in [3.05, 3.63) is 0 Å². The highest BCUT2D eigenvalue weighted by molar-refractivity contribution is 5.13. The van der Waals surface area contributed by atoms with Gasteiger partial charge in [-0.3, -0.25) is 0 Å². The Kier molecular flexibility index (Phi) is 5.49. The highest BCUT2D eigenvalue weighted by Gasteiger charge is 2.64. The van der Waals surface area contributed by atoms with Gasteiger partial charge in [0.25, 0.3) is 0 Å². The lowest BCUT2D eigenvalue weighted by Gasteiger charge is -2.58. The van der Waals surface area contributed by atoms with Gasteiger partial charge in [0, 0.05) is 6.61 Å². The number of aliphatic hydroxyl groups excluding tert-OH is 1. The van der Waals surface area contributed by atoms with E-state index in [9.17, 15) is 5.11 Å². The van der Waals surface area contributed by atoms with E-state index in [0.717, 1.165) is 53.3 Å². The molecule has 0 aromatic rings. The lowest BCUT2D eigenvalue weighted by molar-refractivity contribution is -0.0987. The van der Waals surface area contributed by atoms with E-state index in [1.165, 1.54) is 57.8 Å². The maximum absolute atomic E-state index is 9.98. The third-order valence-corrected chi connectivity index (χ3v) is 13.5. The van der Waals surface area contributed by atoms with Crippen molar-refractivity contribution in [2.45, 2.75) is 106 Å². The second-order valence-corrected chi connectivity index (χ2v) is 14.5. The van der Waals surface area contributed by atoms with Crippen LogP contribution in [0.1, 0.15) is 106 Å². The second-order valence-electron chi connectivity index (χ2n) is 14.5. The molecular formula is C30H52O. The zero-order valence-corrected chi connectivity index (χ0v) is 21.8. The number of hydrogen-bond donors (Lipinski definition) is 1. The molecule has 0 aromatic heterocycles. The summed E-state index contributed by atoms with van der Waals surface area (Å²) in [5.74, 6) is 8.84. The first-order valence-electron chi connectivity index (χ1n) is 14.2. The van der Waals surface area contributed by atoms with E-state index in [1.807, 2.05) is 0 Å². The molecule has 0 saturated heterocycles. The number of rotatable bonds is 5. The van der Waals surface area contributed by atoms with E-state index in [2.05, 4.69) is 48.5 Å². The van der Waals surface area contributed by atoms with Crippen LogP contribution in [0.4, 0.5) is 0 Å². The summed E-state index contributed by atoms with van der Waals surface area (Å²) in [7, 11) is 0. The summed E-state index contributed by atoms with van der Waals surface area (Å²) >= 11 is 0. The average molecular weight is 429 g/mol. The minimum absolute atomic E-state index is 0.438. The molecule has 0 spiro atoms. The van der Waals surface area contributed by atoms with Crippen molar-refractivity contribution in [2.24, 2.45) is 75.4 Å². The predicted molar refractivity (Wildman–Crippen MR) is 131 cm³/mol. The SMILES string of the molecule is CC(C)C(C)C1(C)CC1C(C)C1CCC2C3CCC4C(CO)CCC4(C)C3CCC12C. The molecule has 12 unspecified atom stereocenters. The van der Waals surface area contributed by atoms with Gasteiger partial charge in [0.15, 0.2) is 0 Å². The average Bonchev–Trinajstić information content (AvgIpc) is 3.12. The molecule has 12 atom stereocenters. The Balaban J connectivity index is 1.33. The lowest BCUT2D eigenvalue weighted by Crippen LogP contribution is -2.51. The molecule has 5 aliphatic carbocycles. The molecule has 0 aliphatic heterocycles. The van der Waals surface area contributed by atoms with Crippen molar-refractivity contribution in [1.82, 2.24) is 0 Å². The van der Waals surface area contributed by atoms with Gasteiger partial charge in [-0.25, -0.2) is 0 Å². The summed E-state index contributed by atoms with van der Waals surface area (Å²) in [6.45, 7) is 18.5. The topological polar surface area (TPSA) is 20.2 Å². The molecular weight excluding hydrogens is 376 g/mol. The molecule has 1 nitrogen and oxygen atoms in total. The molecule has 5 fully saturated rings. The highest BCUT2D eigenvalue weighted by Crippen LogP contribution is 2.72. The summed E-state index contributed by atoms with van der Waals surface area (Å²) in [5, 5.41) is 9.98. The van der Waals surface area contributed by atoms with Gasteiger partial charge in [0.2, 0.25) is 0 Å². The normalized spacial score (nSPS) is 55.5. The molecule has 178 valence electrons. The fourth-order valence-corrected chi connectivity index (χ4v) is 11.2. The van der Waals surface area contributed by atoms with Gasteiger partial charge >= 0.3 is 0 Å². The van der Waals surface area contributed by atoms with Crippen molar-refractivity contribution in [2.75, 3.05) is 6.61 Å². The Bertz CT molecular complexity index is 684. The first kappa shape index (κ1) is 22.7. The van der Waals surface area contributed by atoms with Crippen LogP contribution in [-0.4, -0.2) is 11.7 Å². The number of hydrogen-bond acceptors (Lipinski definition) is 1. The van der Waals surface area contributed by atoms with Gasteiger partial charge < -0.3 is 5.11 Å². The third-order valence-electron chi connectivity index (χ3n) is 13.5. The van der Waals surface area contributed by atoms with Crippen LogP contribution in [-0.2, 0) is 0 Å². The molecule has 0 aromatic carbocycles. The summed E-state index contributed by atoms with van der Waals surface area (Å²) < 4.78 is 0. The van der Waals surface area contributed by atoms with Crippen LogP contribution in [0.3, 0.4) is 0 Å². The van der Waals surface area contributed by atoms with E-state index in [0.29, 0.717) is 28.8 Å². The van der Waals surface area contributed by atoms with E-state index < -0.39 is 0 Å². The quantitative estimate of drug-likeness (QED) is 0.473. The monoisotopic (exact) mass is 428 g/mol. The van der Waals surface area contributed by atoms with Crippen LogP contribution in [0, 0.1) is 75.4 Å². The first-order chi connectivity index (χ1) is 14.6. The molecule has 5 rings (SSSR count). The molecule has 31 heavy (non-hydrogen) atoms. The van der Waals surface area contributed by atoms with Crippen LogP contribution >= 0.6 is 0 Å². The van der Waals surface area contributed by atoms with Gasteiger partial charge in [-0.15, -0.1) is 0 Å². The summed E-state index contributed by atoms with van der Waals surface area (Å²) in [6, 6.07) is 0. The largest absolute Gasteiger partial charge is 0.396 e. The van der Waals surface area contributed by atoms with Crippen molar-refractivity contribution < 1.29 is 5.11 Å². The molecule has 1 heteroatoms. The van der Waals surface area contributed by atoms with Crippen LogP contribution in [0.15, 0.2) is 0 Å². The van der Waals surface area contributed by atoms with Gasteiger partial charge in [-0.05, 0) is 133 Å². The molecule has 5 aliphatic rings. The second kappa shape index (κ2) is 7.48.